The maximum atomic E-state index is 13.0. The second kappa shape index (κ2) is 8.42. The highest BCUT2D eigenvalue weighted by Gasteiger charge is 2.56. The van der Waals surface area contributed by atoms with Crippen LogP contribution in [0.15, 0.2) is 29.3 Å². The fourth-order valence-corrected chi connectivity index (χ4v) is 6.43. The molecular weight excluding hydrogens is 536 g/mol. The molecule has 176 valence electrons. The van der Waals surface area contributed by atoms with Gasteiger partial charge in [0.2, 0.25) is 0 Å². The predicted octanol–water partition coefficient (Wildman–Crippen LogP) is 6.86. The summed E-state index contributed by atoms with van der Waals surface area (Å²) in [6, 6.07) is 5.06. The molecule has 32 heavy (non-hydrogen) atoms. The minimum atomic E-state index is -0.671. The zero-order chi connectivity index (χ0) is 23.5. The number of phenols is 1. The Hall–Kier alpha value is -0.850. The first kappa shape index (κ1) is 24.3. The Labute approximate surface area is 208 Å². The van der Waals surface area contributed by atoms with Crippen LogP contribution in [0, 0.1) is 5.41 Å². The minimum absolute atomic E-state index is 0.00855. The lowest BCUT2D eigenvalue weighted by Crippen LogP contribution is -2.38. The number of allylic oxidation sites excluding steroid dienone is 2. The molecule has 1 N–H and O–H groups in total. The van der Waals surface area contributed by atoms with E-state index in [1.54, 1.807) is 18.2 Å². The summed E-state index contributed by atoms with van der Waals surface area (Å²) in [5.74, 6) is -0.145. The fraction of sp³-hybridized carbons (Fsp3) is 0.654. The Bertz CT molecular complexity index is 955. The van der Waals surface area contributed by atoms with Gasteiger partial charge in [-0.15, -0.1) is 0 Å². The topological polar surface area (TPSA) is 59.1 Å². The average molecular weight is 570 g/mol. The highest BCUT2D eigenvalue weighted by atomic mass is 79.9. The van der Waals surface area contributed by atoms with Crippen LogP contribution in [0.2, 0.25) is 0 Å². The van der Waals surface area contributed by atoms with Gasteiger partial charge in [-0.3, -0.25) is 0 Å². The van der Waals surface area contributed by atoms with Crippen molar-refractivity contribution in [1.29, 1.82) is 0 Å². The van der Waals surface area contributed by atoms with Crippen molar-refractivity contribution in [3.05, 3.63) is 40.5 Å². The maximum Gasteiger partial charge on any atom is 0.338 e. The predicted molar refractivity (Wildman–Crippen MR) is 134 cm³/mol. The Morgan fingerprint density at radius 3 is 2.53 bits per heavy atom. The summed E-state index contributed by atoms with van der Waals surface area (Å²) in [5, 5.41) is 10.7. The molecule has 6 heteroatoms. The van der Waals surface area contributed by atoms with Crippen molar-refractivity contribution < 1.29 is 19.4 Å². The quantitative estimate of drug-likeness (QED) is 0.160. The molecule has 1 aromatic rings. The van der Waals surface area contributed by atoms with Crippen LogP contribution in [0.4, 0.5) is 0 Å². The highest BCUT2D eigenvalue weighted by Crippen LogP contribution is 2.55. The Morgan fingerprint density at radius 1 is 1.09 bits per heavy atom. The number of esters is 1. The summed E-state index contributed by atoms with van der Waals surface area (Å²) in [6.07, 6.45) is 5.64. The molecular formula is C26H34Br2O4. The van der Waals surface area contributed by atoms with Gasteiger partial charge in [0.15, 0.2) is 0 Å². The molecule has 0 radical (unpaired) electrons. The van der Waals surface area contributed by atoms with E-state index in [-0.39, 0.29) is 33.7 Å². The van der Waals surface area contributed by atoms with Gasteiger partial charge < -0.3 is 14.6 Å². The van der Waals surface area contributed by atoms with Gasteiger partial charge >= 0.3 is 5.97 Å². The lowest BCUT2D eigenvalue weighted by Gasteiger charge is -2.42. The molecule has 1 saturated heterocycles. The normalized spacial score (nSPS) is 37.5. The maximum absolute atomic E-state index is 13.0. The second-order valence-electron chi connectivity index (χ2n) is 10.8. The van der Waals surface area contributed by atoms with Crippen molar-refractivity contribution in [3.63, 3.8) is 0 Å². The van der Waals surface area contributed by atoms with Crippen molar-refractivity contribution in [3.8, 4) is 5.75 Å². The molecule has 5 atom stereocenters. The smallest absolute Gasteiger partial charge is 0.338 e. The van der Waals surface area contributed by atoms with E-state index < -0.39 is 5.60 Å². The van der Waals surface area contributed by atoms with E-state index in [0.717, 1.165) is 37.7 Å². The number of phenolic OH excluding ortho intramolecular Hbond substituents is 1. The SMILES string of the molecule is CC1=C2Cc3cc(ccc3O)C(=O)OC(C)(C)[C@H](Br)CC[C@]3(C)O[C@H]3C[C@]2(C)[C@@H](Br)CC1. The minimum Gasteiger partial charge on any atom is -0.508 e. The summed E-state index contributed by atoms with van der Waals surface area (Å²) in [4.78, 5) is 13.4. The number of epoxide rings is 1. The Balaban J connectivity index is 1.78. The Morgan fingerprint density at radius 2 is 1.81 bits per heavy atom. The molecule has 0 spiro atoms. The fourth-order valence-electron chi connectivity index (χ4n) is 5.41. The van der Waals surface area contributed by atoms with Crippen LogP contribution in [-0.2, 0) is 15.9 Å². The van der Waals surface area contributed by atoms with Crippen LogP contribution in [0.25, 0.3) is 0 Å². The third-order valence-corrected chi connectivity index (χ3v) is 11.0. The lowest BCUT2D eigenvalue weighted by molar-refractivity contribution is -0.00232. The third kappa shape index (κ3) is 4.44. The van der Waals surface area contributed by atoms with Gasteiger partial charge in [-0.25, -0.2) is 4.79 Å². The number of benzene rings is 1. The first-order valence-corrected chi connectivity index (χ1v) is 13.4. The average Bonchev–Trinajstić information content (AvgIpc) is 3.35. The summed E-state index contributed by atoms with van der Waals surface area (Å²) < 4.78 is 12.2. The molecule has 1 aliphatic carbocycles. The van der Waals surface area contributed by atoms with Gasteiger partial charge in [-0.2, -0.15) is 0 Å². The van der Waals surface area contributed by atoms with Gasteiger partial charge in [0, 0.05) is 10.2 Å². The van der Waals surface area contributed by atoms with Gasteiger partial charge in [0.1, 0.15) is 11.4 Å². The van der Waals surface area contributed by atoms with Gasteiger partial charge in [0.25, 0.3) is 0 Å². The number of hydrogen-bond acceptors (Lipinski definition) is 4. The molecule has 3 aliphatic rings. The third-order valence-electron chi connectivity index (χ3n) is 8.00. The molecule has 4 nitrogen and oxygen atoms in total. The van der Waals surface area contributed by atoms with Crippen LogP contribution in [0.1, 0.15) is 82.6 Å². The summed E-state index contributed by atoms with van der Waals surface area (Å²) in [5.41, 5.74) is 3.06. The van der Waals surface area contributed by atoms with Gasteiger partial charge in [0.05, 0.1) is 22.1 Å². The molecule has 0 amide bonds. The summed E-state index contributed by atoms with van der Waals surface area (Å²) in [7, 11) is 0. The number of ether oxygens (including phenoxy) is 2. The van der Waals surface area contributed by atoms with E-state index in [4.69, 9.17) is 9.47 Å². The first-order chi connectivity index (χ1) is 14.9. The summed E-state index contributed by atoms with van der Waals surface area (Å²) in [6.45, 7) is 10.6. The van der Waals surface area contributed by atoms with Crippen LogP contribution in [0.5, 0.6) is 5.75 Å². The zero-order valence-corrected chi connectivity index (χ0v) is 22.8. The van der Waals surface area contributed by atoms with E-state index in [9.17, 15) is 9.90 Å². The van der Waals surface area contributed by atoms with Crippen LogP contribution in [-0.4, -0.2) is 38.0 Å². The highest BCUT2D eigenvalue weighted by molar-refractivity contribution is 9.09. The number of alkyl halides is 2. The van der Waals surface area contributed by atoms with Crippen molar-refractivity contribution in [2.45, 2.75) is 100 Å². The van der Waals surface area contributed by atoms with Crippen molar-refractivity contribution in [2.24, 2.45) is 5.41 Å². The molecule has 1 aromatic carbocycles. The number of cyclic esters (lactones) is 1. The molecule has 2 aliphatic heterocycles. The molecule has 0 saturated carbocycles. The molecule has 0 aromatic heterocycles. The molecule has 4 rings (SSSR count). The van der Waals surface area contributed by atoms with Crippen molar-refractivity contribution >= 4 is 37.8 Å². The summed E-state index contributed by atoms with van der Waals surface area (Å²) >= 11 is 7.77. The molecule has 2 heterocycles. The van der Waals surface area contributed by atoms with Gasteiger partial charge in [-0.05, 0) is 90.0 Å². The number of carbonyl (C=O) groups is 1. The van der Waals surface area contributed by atoms with Crippen molar-refractivity contribution in [1.82, 2.24) is 0 Å². The standard InChI is InChI=1S/C26H34Br2O4/c1-15-6-9-21(28)25(4)14-22-26(5,31-22)11-10-20(27)24(2,3)32-23(30)16-7-8-19(29)17(12-16)13-18(15)25/h7-8,12,20-22,29H,6,9-11,13-14H2,1-5H3/t20-,21+,22+,25+,26+/m1/s1. The lowest BCUT2D eigenvalue weighted by atomic mass is 9.66. The molecule has 2 bridgehead atoms. The number of halogens is 2. The first-order valence-electron chi connectivity index (χ1n) is 11.6. The van der Waals surface area contributed by atoms with E-state index in [1.165, 1.54) is 11.1 Å². The van der Waals surface area contributed by atoms with E-state index in [2.05, 4.69) is 52.6 Å². The largest absolute Gasteiger partial charge is 0.508 e. The van der Waals surface area contributed by atoms with E-state index in [1.807, 2.05) is 13.8 Å². The zero-order valence-electron chi connectivity index (χ0n) is 19.6. The number of hydrogen-bond donors (Lipinski definition) is 1. The molecule has 1 fully saturated rings. The van der Waals surface area contributed by atoms with Gasteiger partial charge in [-0.1, -0.05) is 49.9 Å². The Kier molecular flexibility index (Phi) is 6.39. The number of fused-ring (bicyclic) bond motifs is 4. The second-order valence-corrected chi connectivity index (χ2v) is 13.0. The van der Waals surface area contributed by atoms with Crippen molar-refractivity contribution in [2.75, 3.05) is 0 Å². The van der Waals surface area contributed by atoms with Crippen LogP contribution < -0.4 is 0 Å². The number of carbonyl (C=O) groups excluding carboxylic acids is 1. The van der Waals surface area contributed by atoms with Crippen LogP contribution in [0.3, 0.4) is 0 Å². The molecule has 0 unspecified atom stereocenters. The van der Waals surface area contributed by atoms with Crippen LogP contribution >= 0.6 is 31.9 Å². The monoisotopic (exact) mass is 568 g/mol. The van der Waals surface area contributed by atoms with E-state index in [0.29, 0.717) is 16.8 Å². The number of aromatic hydroxyl groups is 1. The number of rotatable bonds is 0. The van der Waals surface area contributed by atoms with E-state index >= 15 is 0 Å².